The summed E-state index contributed by atoms with van der Waals surface area (Å²) in [5.41, 5.74) is 0.0695. The van der Waals surface area contributed by atoms with Crippen molar-refractivity contribution in [2.45, 2.75) is 6.54 Å². The van der Waals surface area contributed by atoms with Crippen LogP contribution in [0.5, 0.6) is 5.75 Å². The van der Waals surface area contributed by atoms with Gasteiger partial charge in [0.05, 0.1) is 12.8 Å². The summed E-state index contributed by atoms with van der Waals surface area (Å²) in [4.78, 5) is 23.8. The minimum atomic E-state index is -0.391. The van der Waals surface area contributed by atoms with Crippen LogP contribution in [0.3, 0.4) is 0 Å². The molecule has 3 aromatic rings. The van der Waals surface area contributed by atoms with Crippen LogP contribution in [0.15, 0.2) is 64.0 Å². The van der Waals surface area contributed by atoms with E-state index in [2.05, 4.69) is 10.4 Å². The molecular formula is C18H16FN3O4. The summed E-state index contributed by atoms with van der Waals surface area (Å²) >= 11 is 0. The highest BCUT2D eigenvalue weighted by Gasteiger charge is 2.09. The number of halogens is 1. The predicted molar refractivity (Wildman–Crippen MR) is 91.1 cm³/mol. The molecule has 0 bridgehead atoms. The Hall–Kier alpha value is -3.42. The smallest absolute Gasteiger partial charge is 0.267 e. The Kier molecular flexibility index (Phi) is 5.43. The standard InChI is InChI=1S/C18H16FN3O4/c19-13-3-5-14(6-4-13)25-11-9-20-17(23)12-22-18(24)8-7-15(21-22)16-2-1-10-26-16/h1-8,10H,9,11-12H2,(H,20,23). The molecule has 0 aliphatic heterocycles. The monoisotopic (exact) mass is 357 g/mol. The molecule has 0 spiro atoms. The van der Waals surface area contributed by atoms with E-state index in [4.69, 9.17) is 9.15 Å². The van der Waals surface area contributed by atoms with E-state index in [1.54, 1.807) is 12.1 Å². The van der Waals surface area contributed by atoms with Gasteiger partial charge in [0.2, 0.25) is 5.91 Å². The summed E-state index contributed by atoms with van der Waals surface area (Å²) in [6.07, 6.45) is 1.50. The second-order valence-electron chi connectivity index (χ2n) is 5.34. The topological polar surface area (TPSA) is 86.4 Å². The molecular weight excluding hydrogens is 341 g/mol. The van der Waals surface area contributed by atoms with Crippen LogP contribution < -0.4 is 15.6 Å². The van der Waals surface area contributed by atoms with Gasteiger partial charge >= 0.3 is 0 Å². The number of carbonyl (C=O) groups is 1. The molecule has 1 N–H and O–H groups in total. The summed E-state index contributed by atoms with van der Waals surface area (Å²) < 4.78 is 24.5. The van der Waals surface area contributed by atoms with E-state index in [1.807, 2.05) is 0 Å². The summed E-state index contributed by atoms with van der Waals surface area (Å²) in [5, 5.41) is 6.75. The molecule has 0 aliphatic rings. The summed E-state index contributed by atoms with van der Waals surface area (Å²) in [6, 6.07) is 11.9. The molecule has 0 atom stereocenters. The molecule has 8 heteroatoms. The molecule has 2 heterocycles. The number of hydrogen-bond acceptors (Lipinski definition) is 5. The van der Waals surface area contributed by atoms with Gasteiger partial charge in [0, 0.05) is 6.07 Å². The highest BCUT2D eigenvalue weighted by Crippen LogP contribution is 2.15. The minimum Gasteiger partial charge on any atom is -0.492 e. The minimum absolute atomic E-state index is 0.214. The first-order valence-electron chi connectivity index (χ1n) is 7.89. The van der Waals surface area contributed by atoms with E-state index in [9.17, 15) is 14.0 Å². The fourth-order valence-electron chi connectivity index (χ4n) is 2.20. The van der Waals surface area contributed by atoms with Gasteiger partial charge in [-0.25, -0.2) is 9.07 Å². The highest BCUT2D eigenvalue weighted by atomic mass is 19.1. The van der Waals surface area contributed by atoms with Gasteiger partial charge in [-0.1, -0.05) is 0 Å². The molecule has 0 saturated heterocycles. The maximum absolute atomic E-state index is 12.8. The molecule has 26 heavy (non-hydrogen) atoms. The molecule has 0 fully saturated rings. The number of hydrogen-bond donors (Lipinski definition) is 1. The van der Waals surface area contributed by atoms with Crippen molar-refractivity contribution in [2.24, 2.45) is 0 Å². The number of amides is 1. The van der Waals surface area contributed by atoms with Crippen LogP contribution >= 0.6 is 0 Å². The third kappa shape index (κ3) is 4.56. The number of aromatic nitrogens is 2. The maximum atomic E-state index is 12.8. The van der Waals surface area contributed by atoms with Crippen LogP contribution in [0.25, 0.3) is 11.5 Å². The van der Waals surface area contributed by atoms with Crippen molar-refractivity contribution in [2.75, 3.05) is 13.2 Å². The van der Waals surface area contributed by atoms with E-state index < -0.39 is 5.56 Å². The van der Waals surface area contributed by atoms with Crippen LogP contribution in [0.4, 0.5) is 4.39 Å². The van der Waals surface area contributed by atoms with Crippen LogP contribution in [0, 0.1) is 5.82 Å². The van der Waals surface area contributed by atoms with Crippen molar-refractivity contribution in [1.82, 2.24) is 15.1 Å². The Morgan fingerprint density at radius 2 is 2.00 bits per heavy atom. The van der Waals surface area contributed by atoms with Crippen molar-refractivity contribution < 1.29 is 18.3 Å². The normalized spacial score (nSPS) is 10.5. The van der Waals surface area contributed by atoms with Crippen LogP contribution in [0.2, 0.25) is 0 Å². The lowest BCUT2D eigenvalue weighted by molar-refractivity contribution is -0.122. The van der Waals surface area contributed by atoms with Crippen LogP contribution in [-0.2, 0) is 11.3 Å². The zero-order valence-electron chi connectivity index (χ0n) is 13.7. The van der Waals surface area contributed by atoms with Crippen molar-refractivity contribution in [1.29, 1.82) is 0 Å². The quantitative estimate of drug-likeness (QED) is 0.652. The van der Waals surface area contributed by atoms with Gasteiger partial charge in [0.15, 0.2) is 5.76 Å². The van der Waals surface area contributed by atoms with Crippen LogP contribution in [0.1, 0.15) is 0 Å². The lowest BCUT2D eigenvalue weighted by Crippen LogP contribution is -2.35. The van der Waals surface area contributed by atoms with E-state index in [0.29, 0.717) is 17.2 Å². The molecule has 134 valence electrons. The Labute approximate surface area is 148 Å². The summed E-state index contributed by atoms with van der Waals surface area (Å²) in [5.74, 6) is 0.288. The second kappa shape index (κ2) is 8.11. The molecule has 3 rings (SSSR count). The predicted octanol–water partition coefficient (Wildman–Crippen LogP) is 1.84. The Morgan fingerprint density at radius 1 is 1.19 bits per heavy atom. The van der Waals surface area contributed by atoms with Crippen molar-refractivity contribution in [3.05, 3.63) is 71.0 Å². The molecule has 2 aromatic heterocycles. The lowest BCUT2D eigenvalue weighted by atomic mass is 10.3. The molecule has 1 aromatic carbocycles. The van der Waals surface area contributed by atoms with Gasteiger partial charge in [-0.3, -0.25) is 9.59 Å². The number of nitrogens with zero attached hydrogens (tertiary/aromatic N) is 2. The third-order valence-corrected chi connectivity index (χ3v) is 3.44. The fourth-order valence-corrected chi connectivity index (χ4v) is 2.20. The average Bonchev–Trinajstić information content (AvgIpc) is 3.17. The number of nitrogens with one attached hydrogen (secondary N) is 1. The van der Waals surface area contributed by atoms with Gasteiger partial charge in [0.1, 0.15) is 30.4 Å². The lowest BCUT2D eigenvalue weighted by Gasteiger charge is -2.09. The first-order valence-corrected chi connectivity index (χ1v) is 7.89. The average molecular weight is 357 g/mol. The number of furan rings is 1. The van der Waals surface area contributed by atoms with Crippen molar-refractivity contribution in [3.63, 3.8) is 0 Å². The van der Waals surface area contributed by atoms with Crippen molar-refractivity contribution >= 4 is 5.91 Å². The van der Waals surface area contributed by atoms with Gasteiger partial charge < -0.3 is 14.5 Å². The van der Waals surface area contributed by atoms with E-state index >= 15 is 0 Å². The van der Waals surface area contributed by atoms with E-state index in [0.717, 1.165) is 4.68 Å². The van der Waals surface area contributed by atoms with Gasteiger partial charge in [-0.05, 0) is 42.5 Å². The van der Waals surface area contributed by atoms with Gasteiger partial charge in [0.25, 0.3) is 5.56 Å². The Morgan fingerprint density at radius 3 is 2.73 bits per heavy atom. The first kappa shape index (κ1) is 17.4. The van der Waals surface area contributed by atoms with Gasteiger partial charge in [-0.2, -0.15) is 5.10 Å². The SMILES string of the molecule is O=C(Cn1nc(-c2ccco2)ccc1=O)NCCOc1ccc(F)cc1. The zero-order chi connectivity index (χ0) is 18.4. The molecule has 7 nitrogen and oxygen atoms in total. The number of rotatable bonds is 7. The van der Waals surface area contributed by atoms with Gasteiger partial charge in [-0.15, -0.1) is 0 Å². The maximum Gasteiger partial charge on any atom is 0.267 e. The summed E-state index contributed by atoms with van der Waals surface area (Å²) in [6.45, 7) is 0.235. The Bertz CT molecular complexity index is 920. The highest BCUT2D eigenvalue weighted by molar-refractivity contribution is 5.75. The van der Waals surface area contributed by atoms with E-state index in [1.165, 1.54) is 42.7 Å². The summed E-state index contributed by atoms with van der Waals surface area (Å²) in [7, 11) is 0. The van der Waals surface area contributed by atoms with Crippen LogP contribution in [-0.4, -0.2) is 28.8 Å². The molecule has 0 radical (unpaired) electrons. The molecule has 0 unspecified atom stereocenters. The number of ether oxygens (including phenoxy) is 1. The first-order chi connectivity index (χ1) is 12.6. The Balaban J connectivity index is 1.51. The molecule has 0 aliphatic carbocycles. The third-order valence-electron chi connectivity index (χ3n) is 3.44. The number of carbonyl (C=O) groups excluding carboxylic acids is 1. The fraction of sp³-hybridized carbons (Fsp3) is 0.167. The largest absolute Gasteiger partial charge is 0.492 e. The number of benzene rings is 1. The molecule has 0 saturated carbocycles. The molecule has 1 amide bonds. The van der Waals surface area contributed by atoms with E-state index in [-0.39, 0.29) is 31.4 Å². The zero-order valence-corrected chi connectivity index (χ0v) is 13.7. The van der Waals surface area contributed by atoms with Crippen molar-refractivity contribution in [3.8, 4) is 17.2 Å². The second-order valence-corrected chi connectivity index (χ2v) is 5.34.